The van der Waals surface area contributed by atoms with Gasteiger partial charge in [0.05, 0.1) is 0 Å². The van der Waals surface area contributed by atoms with Gasteiger partial charge in [0.2, 0.25) is 5.78 Å². The standard InChI is InChI=1S/C10H7FO/c1-3-10(12)8-5-4-7(2)9(11)6-8/h1,4-6H,2H3. The minimum absolute atomic E-state index is 0.223. The predicted octanol–water partition coefficient (Wildman–Crippen LogP) is 1.95. The van der Waals surface area contributed by atoms with E-state index in [1.165, 1.54) is 12.1 Å². The Balaban J connectivity index is 3.15. The molecule has 0 aliphatic carbocycles. The lowest BCUT2D eigenvalue weighted by atomic mass is 10.1. The highest BCUT2D eigenvalue weighted by molar-refractivity contribution is 6.08. The number of halogens is 1. The number of hydrogen-bond donors (Lipinski definition) is 0. The van der Waals surface area contributed by atoms with Gasteiger partial charge in [0.25, 0.3) is 0 Å². The molecule has 0 bridgehead atoms. The Morgan fingerprint density at radius 1 is 1.58 bits per heavy atom. The van der Waals surface area contributed by atoms with Crippen LogP contribution < -0.4 is 0 Å². The molecule has 0 unspecified atom stereocenters. The van der Waals surface area contributed by atoms with Crippen LogP contribution in [0, 0.1) is 25.1 Å². The molecule has 0 N–H and O–H groups in total. The number of Topliss-reactive ketones (excluding diaryl/α,β-unsaturated/α-hetero) is 1. The van der Waals surface area contributed by atoms with Crippen molar-refractivity contribution in [2.75, 3.05) is 0 Å². The Labute approximate surface area is 70.2 Å². The van der Waals surface area contributed by atoms with Gasteiger partial charge in [0.1, 0.15) is 5.82 Å². The molecule has 2 heteroatoms. The summed E-state index contributed by atoms with van der Waals surface area (Å²) < 4.78 is 12.9. The maximum absolute atomic E-state index is 12.9. The van der Waals surface area contributed by atoms with Crippen LogP contribution in [0.4, 0.5) is 4.39 Å². The number of hydrogen-bond acceptors (Lipinski definition) is 1. The van der Waals surface area contributed by atoms with Gasteiger partial charge in [-0.25, -0.2) is 4.39 Å². The molecule has 0 aromatic heterocycles. The Bertz CT molecular complexity index is 361. The van der Waals surface area contributed by atoms with E-state index in [4.69, 9.17) is 6.42 Å². The van der Waals surface area contributed by atoms with Crippen molar-refractivity contribution in [1.29, 1.82) is 0 Å². The third-order valence-corrected chi connectivity index (χ3v) is 1.57. The van der Waals surface area contributed by atoms with Crippen LogP contribution in [0.1, 0.15) is 15.9 Å². The molecule has 0 aliphatic rings. The minimum atomic E-state index is -0.492. The largest absolute Gasteiger partial charge is 0.279 e. The third kappa shape index (κ3) is 1.51. The minimum Gasteiger partial charge on any atom is -0.279 e. The smallest absolute Gasteiger partial charge is 0.235 e. The van der Waals surface area contributed by atoms with Gasteiger partial charge in [-0.3, -0.25) is 4.79 Å². The molecule has 1 rings (SSSR count). The van der Waals surface area contributed by atoms with Gasteiger partial charge in [-0.15, -0.1) is 6.42 Å². The van der Waals surface area contributed by atoms with Crippen LogP contribution in [0.3, 0.4) is 0 Å². The summed E-state index contributed by atoms with van der Waals surface area (Å²) in [6.45, 7) is 1.62. The fourth-order valence-corrected chi connectivity index (χ4v) is 0.817. The van der Waals surface area contributed by atoms with Crippen molar-refractivity contribution in [3.8, 4) is 12.3 Å². The summed E-state index contributed by atoms with van der Waals surface area (Å²) in [5.74, 6) is 1.02. The molecule has 0 saturated heterocycles. The fraction of sp³-hybridized carbons (Fsp3) is 0.100. The SMILES string of the molecule is C#CC(=O)c1ccc(C)c(F)c1. The Morgan fingerprint density at radius 3 is 2.75 bits per heavy atom. The van der Waals surface area contributed by atoms with E-state index in [1.807, 2.05) is 5.92 Å². The molecule has 1 aromatic carbocycles. The molecular formula is C10H7FO. The quantitative estimate of drug-likeness (QED) is 0.350. The Morgan fingerprint density at radius 2 is 2.25 bits per heavy atom. The molecule has 0 amide bonds. The van der Waals surface area contributed by atoms with Gasteiger partial charge in [-0.1, -0.05) is 6.07 Å². The zero-order valence-electron chi connectivity index (χ0n) is 6.60. The van der Waals surface area contributed by atoms with E-state index in [9.17, 15) is 9.18 Å². The summed E-state index contributed by atoms with van der Waals surface area (Å²) in [6.07, 6.45) is 4.87. The molecule has 0 spiro atoms. The molecule has 0 fully saturated rings. The van der Waals surface area contributed by atoms with Gasteiger partial charge in [-0.2, -0.15) is 0 Å². The maximum atomic E-state index is 12.9. The predicted molar refractivity (Wildman–Crippen MR) is 44.3 cm³/mol. The van der Waals surface area contributed by atoms with Gasteiger partial charge in [0, 0.05) is 5.56 Å². The molecule has 0 heterocycles. The lowest BCUT2D eigenvalue weighted by molar-refractivity contribution is 0.105. The summed E-state index contributed by atoms with van der Waals surface area (Å²) in [5, 5.41) is 0. The lowest BCUT2D eigenvalue weighted by Crippen LogP contribution is -1.95. The highest BCUT2D eigenvalue weighted by Crippen LogP contribution is 2.09. The molecule has 0 saturated carbocycles. The molecule has 12 heavy (non-hydrogen) atoms. The van der Waals surface area contributed by atoms with Crippen LogP contribution >= 0.6 is 0 Å². The number of ketones is 1. The molecular weight excluding hydrogens is 155 g/mol. The van der Waals surface area contributed by atoms with Crippen LogP contribution in [0.15, 0.2) is 18.2 Å². The Hall–Kier alpha value is -1.62. The van der Waals surface area contributed by atoms with Gasteiger partial charge < -0.3 is 0 Å². The van der Waals surface area contributed by atoms with Crippen LogP contribution in [0.5, 0.6) is 0 Å². The number of aryl methyl sites for hydroxylation is 1. The van der Waals surface area contributed by atoms with E-state index in [0.717, 1.165) is 6.07 Å². The van der Waals surface area contributed by atoms with Gasteiger partial charge >= 0.3 is 0 Å². The van der Waals surface area contributed by atoms with E-state index in [1.54, 1.807) is 6.92 Å². The molecule has 0 radical (unpaired) electrons. The van der Waals surface area contributed by atoms with Crippen molar-refractivity contribution in [3.63, 3.8) is 0 Å². The fourth-order valence-electron chi connectivity index (χ4n) is 0.817. The average molecular weight is 162 g/mol. The lowest BCUT2D eigenvalue weighted by Gasteiger charge is -1.97. The van der Waals surface area contributed by atoms with Gasteiger partial charge in [0.15, 0.2) is 0 Å². The number of rotatable bonds is 1. The summed E-state index contributed by atoms with van der Waals surface area (Å²) >= 11 is 0. The number of benzene rings is 1. The number of terminal acetylenes is 1. The van der Waals surface area contributed by atoms with E-state index >= 15 is 0 Å². The van der Waals surface area contributed by atoms with Crippen molar-refractivity contribution >= 4 is 5.78 Å². The maximum Gasteiger partial charge on any atom is 0.235 e. The normalized spacial score (nSPS) is 9.08. The molecule has 0 atom stereocenters. The monoisotopic (exact) mass is 162 g/mol. The van der Waals surface area contributed by atoms with E-state index in [2.05, 4.69) is 0 Å². The highest BCUT2D eigenvalue weighted by atomic mass is 19.1. The van der Waals surface area contributed by atoms with Crippen LogP contribution in [0.2, 0.25) is 0 Å². The van der Waals surface area contributed by atoms with Crippen LogP contribution in [0.25, 0.3) is 0 Å². The van der Waals surface area contributed by atoms with E-state index in [0.29, 0.717) is 5.56 Å². The van der Waals surface area contributed by atoms with Crippen LogP contribution in [-0.4, -0.2) is 5.78 Å². The highest BCUT2D eigenvalue weighted by Gasteiger charge is 2.04. The van der Waals surface area contributed by atoms with Crippen molar-refractivity contribution < 1.29 is 9.18 Å². The van der Waals surface area contributed by atoms with Crippen LogP contribution in [-0.2, 0) is 0 Å². The Kier molecular flexibility index (Phi) is 2.25. The first kappa shape index (κ1) is 8.48. The summed E-state index contributed by atoms with van der Waals surface area (Å²) in [5.41, 5.74) is 0.726. The molecule has 1 nitrogen and oxygen atoms in total. The first-order valence-corrected chi connectivity index (χ1v) is 3.42. The number of carbonyl (C=O) groups is 1. The zero-order chi connectivity index (χ0) is 9.14. The summed E-state index contributed by atoms with van der Waals surface area (Å²) in [7, 11) is 0. The first-order valence-electron chi connectivity index (χ1n) is 3.42. The first-order chi connectivity index (χ1) is 5.65. The van der Waals surface area contributed by atoms with Crippen molar-refractivity contribution in [2.45, 2.75) is 6.92 Å². The van der Waals surface area contributed by atoms with Crippen molar-refractivity contribution in [3.05, 3.63) is 35.1 Å². The second kappa shape index (κ2) is 3.19. The summed E-state index contributed by atoms with van der Waals surface area (Å²) in [4.78, 5) is 10.9. The zero-order valence-corrected chi connectivity index (χ0v) is 6.60. The second-order valence-corrected chi connectivity index (χ2v) is 2.44. The van der Waals surface area contributed by atoms with E-state index in [-0.39, 0.29) is 5.56 Å². The second-order valence-electron chi connectivity index (χ2n) is 2.44. The molecule has 60 valence electrons. The van der Waals surface area contributed by atoms with Gasteiger partial charge in [-0.05, 0) is 30.5 Å². The summed E-state index contributed by atoms with van der Waals surface area (Å²) in [6, 6.07) is 4.19. The average Bonchev–Trinajstić information content (AvgIpc) is 2.08. The molecule has 0 aliphatic heterocycles. The third-order valence-electron chi connectivity index (χ3n) is 1.57. The topological polar surface area (TPSA) is 17.1 Å². The van der Waals surface area contributed by atoms with E-state index < -0.39 is 11.6 Å². The molecule has 1 aromatic rings. The van der Waals surface area contributed by atoms with Crippen molar-refractivity contribution in [2.24, 2.45) is 0 Å². The van der Waals surface area contributed by atoms with Crippen molar-refractivity contribution in [1.82, 2.24) is 0 Å². The number of carbonyl (C=O) groups excluding carboxylic acids is 1.